The van der Waals surface area contributed by atoms with Gasteiger partial charge in [0.2, 0.25) is 0 Å². The number of hydrogen-bond donors (Lipinski definition) is 1. The van der Waals surface area contributed by atoms with Crippen LogP contribution >= 0.6 is 12.2 Å². The second kappa shape index (κ2) is 1.91. The van der Waals surface area contributed by atoms with Gasteiger partial charge in [-0.3, -0.25) is 0 Å². The van der Waals surface area contributed by atoms with Gasteiger partial charge < -0.3 is 5.73 Å². The van der Waals surface area contributed by atoms with Gasteiger partial charge in [-0.15, -0.1) is 0 Å². The third kappa shape index (κ3) is 3.63. The molecule has 0 aromatic heterocycles. The van der Waals surface area contributed by atoms with Gasteiger partial charge in [-0.1, -0.05) is 18.8 Å². The lowest BCUT2D eigenvalue weighted by Crippen LogP contribution is -1.91. The third-order valence-electron chi connectivity index (χ3n) is 0.151. The van der Waals surface area contributed by atoms with Crippen molar-refractivity contribution in [3.8, 4) is 0 Å². The molecule has 5 heavy (non-hydrogen) atoms. The molecule has 0 aliphatic heterocycles. The normalized spacial score (nSPS) is 6.40. The van der Waals surface area contributed by atoms with Crippen molar-refractivity contribution in [1.82, 2.24) is 0 Å². The van der Waals surface area contributed by atoms with E-state index < -0.39 is 0 Å². The Morgan fingerprint density at radius 3 is 2.20 bits per heavy atom. The molecule has 0 saturated carbocycles. The quantitative estimate of drug-likeness (QED) is 0.371. The second-order valence-electron chi connectivity index (χ2n) is 0.693. The standard InChI is InChI=1S/C3H5NS/c1-3(4)2-5/h2H,1,4H2. The first-order valence-electron chi connectivity index (χ1n) is 1.17. The van der Waals surface area contributed by atoms with E-state index in [2.05, 4.69) is 18.8 Å². The summed E-state index contributed by atoms with van der Waals surface area (Å²) in [7, 11) is 0. The predicted molar refractivity (Wildman–Crippen MR) is 27.0 cm³/mol. The van der Waals surface area contributed by atoms with Crippen LogP contribution in [0.3, 0.4) is 0 Å². The smallest absolute Gasteiger partial charge is 0.0350 e. The molecule has 0 fully saturated rings. The molecule has 28 valence electrons. The lowest BCUT2D eigenvalue weighted by Gasteiger charge is -1.72. The molecule has 0 aromatic rings. The highest BCUT2D eigenvalue weighted by atomic mass is 32.1. The highest BCUT2D eigenvalue weighted by molar-refractivity contribution is 7.79. The van der Waals surface area contributed by atoms with Crippen LogP contribution in [0.1, 0.15) is 0 Å². The minimum atomic E-state index is 0.444. The molecule has 0 spiro atoms. The molecule has 0 aliphatic rings. The predicted octanol–water partition coefficient (Wildman–Crippen LogP) is 0.459. The maximum Gasteiger partial charge on any atom is 0.0350 e. The van der Waals surface area contributed by atoms with E-state index in [0.29, 0.717) is 5.70 Å². The molecule has 0 atom stereocenters. The number of hydrogen-bond acceptors (Lipinski definition) is 2. The summed E-state index contributed by atoms with van der Waals surface area (Å²) in [5, 5.41) is 1.33. The summed E-state index contributed by atoms with van der Waals surface area (Å²) in [5.41, 5.74) is 5.38. The summed E-state index contributed by atoms with van der Waals surface area (Å²) in [6.45, 7) is 3.29. The average Bonchev–Trinajstić information content (AvgIpc) is 1.38. The molecule has 0 heterocycles. The zero-order valence-corrected chi connectivity index (χ0v) is 3.59. The summed E-state index contributed by atoms with van der Waals surface area (Å²) in [6.07, 6.45) is 0. The van der Waals surface area contributed by atoms with Crippen molar-refractivity contribution in [3.05, 3.63) is 12.3 Å². The summed E-state index contributed by atoms with van der Waals surface area (Å²) in [4.78, 5) is 0. The zero-order valence-electron chi connectivity index (χ0n) is 2.77. The van der Waals surface area contributed by atoms with Crippen LogP contribution in [0.2, 0.25) is 0 Å². The van der Waals surface area contributed by atoms with Crippen molar-refractivity contribution in [2.75, 3.05) is 0 Å². The Morgan fingerprint density at radius 2 is 2.20 bits per heavy atom. The van der Waals surface area contributed by atoms with Gasteiger partial charge in [0.1, 0.15) is 0 Å². The van der Waals surface area contributed by atoms with Crippen LogP contribution in [-0.4, -0.2) is 5.37 Å². The summed E-state index contributed by atoms with van der Waals surface area (Å²) < 4.78 is 0. The van der Waals surface area contributed by atoms with Gasteiger partial charge in [0.15, 0.2) is 0 Å². The van der Waals surface area contributed by atoms with Crippen molar-refractivity contribution in [2.45, 2.75) is 0 Å². The van der Waals surface area contributed by atoms with Gasteiger partial charge in [0, 0.05) is 11.1 Å². The lowest BCUT2D eigenvalue weighted by atomic mass is 10.6. The van der Waals surface area contributed by atoms with Gasteiger partial charge in [0.25, 0.3) is 0 Å². The second-order valence-corrected chi connectivity index (χ2v) is 0.928. The zero-order chi connectivity index (χ0) is 4.28. The van der Waals surface area contributed by atoms with E-state index in [1.807, 2.05) is 0 Å². The molecule has 0 rings (SSSR count). The molecule has 0 amide bonds. The van der Waals surface area contributed by atoms with E-state index in [1.54, 1.807) is 0 Å². The average molecular weight is 87.1 g/mol. The first-order chi connectivity index (χ1) is 2.27. The maximum atomic E-state index is 4.94. The third-order valence-corrected chi connectivity index (χ3v) is 0.454. The van der Waals surface area contributed by atoms with Crippen molar-refractivity contribution in [3.63, 3.8) is 0 Å². The Bertz CT molecular complexity index is 57.9. The molecule has 0 saturated heterocycles. The van der Waals surface area contributed by atoms with Crippen LogP contribution in [0, 0.1) is 0 Å². The van der Waals surface area contributed by atoms with Crippen LogP contribution in [0.15, 0.2) is 12.3 Å². The van der Waals surface area contributed by atoms with Crippen LogP contribution in [0.4, 0.5) is 0 Å². The molecule has 0 unspecified atom stereocenters. The van der Waals surface area contributed by atoms with Crippen molar-refractivity contribution < 1.29 is 0 Å². The minimum absolute atomic E-state index is 0.444. The minimum Gasteiger partial charge on any atom is -0.399 e. The van der Waals surface area contributed by atoms with Gasteiger partial charge in [-0.25, -0.2) is 0 Å². The number of rotatable bonds is 1. The van der Waals surface area contributed by atoms with Crippen molar-refractivity contribution >= 4 is 17.6 Å². The largest absolute Gasteiger partial charge is 0.399 e. The van der Waals surface area contributed by atoms with E-state index in [9.17, 15) is 0 Å². The van der Waals surface area contributed by atoms with Crippen LogP contribution < -0.4 is 5.73 Å². The van der Waals surface area contributed by atoms with Gasteiger partial charge in [0.05, 0.1) is 0 Å². The van der Waals surface area contributed by atoms with Gasteiger partial charge >= 0.3 is 0 Å². The molecule has 2 heteroatoms. The summed E-state index contributed by atoms with van der Waals surface area (Å²) in [5.74, 6) is 0. The lowest BCUT2D eigenvalue weighted by molar-refractivity contribution is 1.55. The SMILES string of the molecule is C=C(N)C=S. The van der Waals surface area contributed by atoms with E-state index >= 15 is 0 Å². The topological polar surface area (TPSA) is 26.0 Å². The first kappa shape index (κ1) is 4.63. The molecule has 0 bridgehead atoms. The van der Waals surface area contributed by atoms with Gasteiger partial charge in [-0.05, 0) is 0 Å². The molecule has 1 nitrogen and oxygen atoms in total. The summed E-state index contributed by atoms with van der Waals surface area (Å²) >= 11 is 4.33. The molecule has 0 aromatic carbocycles. The van der Waals surface area contributed by atoms with Crippen LogP contribution in [-0.2, 0) is 0 Å². The fourth-order valence-electron chi connectivity index (χ4n) is 0. The van der Waals surface area contributed by atoms with Crippen molar-refractivity contribution in [1.29, 1.82) is 0 Å². The molecule has 2 N–H and O–H groups in total. The Balaban J connectivity index is 3.20. The van der Waals surface area contributed by atoms with Crippen LogP contribution in [0.25, 0.3) is 0 Å². The number of allylic oxidation sites excluding steroid dienone is 1. The number of thiocarbonyl (C=S) groups is 1. The Morgan fingerprint density at radius 1 is 2.00 bits per heavy atom. The highest BCUT2D eigenvalue weighted by Crippen LogP contribution is 1.61. The maximum absolute atomic E-state index is 4.94. The molecule has 0 radical (unpaired) electrons. The van der Waals surface area contributed by atoms with E-state index in [-0.39, 0.29) is 0 Å². The highest BCUT2D eigenvalue weighted by Gasteiger charge is 1.61. The Labute approximate surface area is 36.5 Å². The Hall–Kier alpha value is -0.370. The van der Waals surface area contributed by atoms with E-state index in [1.165, 1.54) is 5.37 Å². The monoisotopic (exact) mass is 87.0 g/mol. The summed E-state index contributed by atoms with van der Waals surface area (Å²) in [6, 6.07) is 0. The van der Waals surface area contributed by atoms with Gasteiger partial charge in [-0.2, -0.15) is 0 Å². The molecular weight excluding hydrogens is 82.1 g/mol. The fourth-order valence-corrected chi connectivity index (χ4v) is 0. The fraction of sp³-hybridized carbons (Fsp3) is 0. The Kier molecular flexibility index (Phi) is 1.76. The van der Waals surface area contributed by atoms with E-state index in [4.69, 9.17) is 5.73 Å². The molecular formula is C3H5NS. The first-order valence-corrected chi connectivity index (χ1v) is 1.64. The number of nitrogens with two attached hydrogens (primary N) is 1. The molecule has 0 aliphatic carbocycles. The van der Waals surface area contributed by atoms with Crippen LogP contribution in [0.5, 0.6) is 0 Å². The van der Waals surface area contributed by atoms with E-state index in [0.717, 1.165) is 0 Å². The van der Waals surface area contributed by atoms with Crippen molar-refractivity contribution in [2.24, 2.45) is 5.73 Å².